The summed E-state index contributed by atoms with van der Waals surface area (Å²) < 4.78 is 5.19. The molecule has 2 rings (SSSR count). The van der Waals surface area contributed by atoms with Crippen LogP contribution in [0.3, 0.4) is 0 Å². The molecule has 126 valence electrons. The van der Waals surface area contributed by atoms with Gasteiger partial charge in [-0.1, -0.05) is 67.9 Å². The molecule has 2 aromatic carbocycles. The number of amides is 2. The lowest BCUT2D eigenvalue weighted by atomic mass is 10.0. The second-order valence-corrected chi connectivity index (χ2v) is 5.45. The Balaban J connectivity index is 2.02. The summed E-state index contributed by atoms with van der Waals surface area (Å²) >= 11 is 0. The first-order valence-electron chi connectivity index (χ1n) is 8.01. The van der Waals surface area contributed by atoms with Crippen molar-refractivity contribution in [3.63, 3.8) is 0 Å². The first kappa shape index (κ1) is 17.7. The normalized spacial score (nSPS) is 10.2. The fraction of sp³-hybridized carbons (Fsp3) is 0.263. The summed E-state index contributed by atoms with van der Waals surface area (Å²) in [6.07, 6.45) is 0.956. The van der Waals surface area contributed by atoms with Crippen LogP contribution >= 0.6 is 0 Å². The highest BCUT2D eigenvalue weighted by Crippen LogP contribution is 2.24. The van der Waals surface area contributed by atoms with Crippen molar-refractivity contribution >= 4 is 12.0 Å². The second-order valence-electron chi connectivity index (χ2n) is 5.45. The molecule has 2 N–H and O–H groups in total. The molecule has 0 aliphatic heterocycles. The number of hydrogen-bond donors (Lipinski definition) is 1. The minimum absolute atomic E-state index is 0.0542. The van der Waals surface area contributed by atoms with E-state index >= 15 is 0 Å². The van der Waals surface area contributed by atoms with Crippen LogP contribution in [0.2, 0.25) is 0 Å². The zero-order valence-corrected chi connectivity index (χ0v) is 13.8. The highest BCUT2D eigenvalue weighted by molar-refractivity contribution is 5.91. The lowest BCUT2D eigenvalue weighted by Crippen LogP contribution is -2.42. The van der Waals surface area contributed by atoms with Crippen molar-refractivity contribution in [3.8, 4) is 11.1 Å². The molecule has 5 nitrogen and oxygen atoms in total. The Morgan fingerprint density at radius 1 is 1.04 bits per heavy atom. The van der Waals surface area contributed by atoms with Gasteiger partial charge in [0.15, 0.2) is 0 Å². The van der Waals surface area contributed by atoms with Gasteiger partial charge in [-0.15, -0.1) is 0 Å². The van der Waals surface area contributed by atoms with E-state index in [0.717, 1.165) is 23.1 Å². The number of nitrogens with zero attached hydrogens (tertiary/aromatic N) is 1. The predicted octanol–water partition coefficient (Wildman–Crippen LogP) is 3.88. The van der Waals surface area contributed by atoms with Crippen LogP contribution in [-0.2, 0) is 16.1 Å². The molecule has 0 bridgehead atoms. The van der Waals surface area contributed by atoms with E-state index in [1.165, 1.54) is 0 Å². The molecular formula is C19H22N2O3. The number of nitrogens with two attached hydrogens (primary N) is 1. The zero-order chi connectivity index (χ0) is 17.4. The predicted molar refractivity (Wildman–Crippen MR) is 92.6 cm³/mol. The summed E-state index contributed by atoms with van der Waals surface area (Å²) in [6, 6.07) is 17.5. The van der Waals surface area contributed by atoms with Crippen molar-refractivity contribution < 1.29 is 14.3 Å². The maximum atomic E-state index is 11.9. The zero-order valence-electron chi connectivity index (χ0n) is 13.8. The van der Waals surface area contributed by atoms with Crippen molar-refractivity contribution in [1.29, 1.82) is 0 Å². The van der Waals surface area contributed by atoms with Crippen LogP contribution < -0.4 is 5.84 Å². The van der Waals surface area contributed by atoms with Gasteiger partial charge >= 0.3 is 6.09 Å². The average molecular weight is 326 g/mol. The van der Waals surface area contributed by atoms with Gasteiger partial charge in [-0.2, -0.15) is 5.01 Å². The smallest absolute Gasteiger partial charge is 0.431 e. The Morgan fingerprint density at radius 2 is 1.71 bits per heavy atom. The second kappa shape index (κ2) is 8.84. The molecule has 5 heteroatoms. The number of imide groups is 1. The largest absolute Gasteiger partial charge is 0.443 e. The molecule has 0 atom stereocenters. The highest BCUT2D eigenvalue weighted by atomic mass is 16.6. The van der Waals surface area contributed by atoms with E-state index in [4.69, 9.17) is 10.6 Å². The Morgan fingerprint density at radius 3 is 2.42 bits per heavy atom. The molecule has 0 saturated heterocycles. The Bertz CT molecular complexity index is 686. The van der Waals surface area contributed by atoms with E-state index in [-0.39, 0.29) is 13.0 Å². The summed E-state index contributed by atoms with van der Waals surface area (Å²) in [5, 5.41) is 0.556. The van der Waals surface area contributed by atoms with E-state index in [2.05, 4.69) is 0 Å². The topological polar surface area (TPSA) is 72.6 Å². The van der Waals surface area contributed by atoms with Crippen LogP contribution in [0.1, 0.15) is 31.7 Å². The van der Waals surface area contributed by atoms with Gasteiger partial charge in [0.05, 0.1) is 0 Å². The van der Waals surface area contributed by atoms with E-state index in [0.29, 0.717) is 11.4 Å². The molecule has 0 radical (unpaired) electrons. The van der Waals surface area contributed by atoms with Crippen molar-refractivity contribution in [2.24, 2.45) is 5.84 Å². The van der Waals surface area contributed by atoms with Gasteiger partial charge in [0.1, 0.15) is 6.61 Å². The first-order chi connectivity index (χ1) is 11.6. The summed E-state index contributed by atoms with van der Waals surface area (Å²) in [5.41, 5.74) is 2.87. The number of hydrazine groups is 1. The Kier molecular flexibility index (Phi) is 6.51. The van der Waals surface area contributed by atoms with Crippen molar-refractivity contribution in [2.75, 3.05) is 0 Å². The first-order valence-corrected chi connectivity index (χ1v) is 8.01. The van der Waals surface area contributed by atoms with Gasteiger partial charge in [0.2, 0.25) is 5.91 Å². The number of unbranched alkanes of at least 4 members (excludes halogenated alkanes) is 1. The molecule has 2 amide bonds. The minimum atomic E-state index is -0.834. The van der Waals surface area contributed by atoms with Gasteiger partial charge < -0.3 is 4.74 Å². The number of hydrogen-bond acceptors (Lipinski definition) is 4. The fourth-order valence-corrected chi connectivity index (χ4v) is 2.30. The molecule has 0 aromatic heterocycles. The lowest BCUT2D eigenvalue weighted by Gasteiger charge is -2.16. The molecule has 0 unspecified atom stereocenters. The van der Waals surface area contributed by atoms with Crippen molar-refractivity contribution in [1.82, 2.24) is 5.01 Å². The molecule has 0 spiro atoms. The molecule has 24 heavy (non-hydrogen) atoms. The maximum Gasteiger partial charge on any atom is 0.431 e. The van der Waals surface area contributed by atoms with Crippen molar-refractivity contribution in [2.45, 2.75) is 32.8 Å². The third-order valence-corrected chi connectivity index (χ3v) is 3.66. The third kappa shape index (κ3) is 4.67. The van der Waals surface area contributed by atoms with Crippen LogP contribution in [0.5, 0.6) is 0 Å². The maximum absolute atomic E-state index is 11.9. The number of benzene rings is 2. The molecule has 0 heterocycles. The molecule has 0 fully saturated rings. The Labute approximate surface area is 142 Å². The average Bonchev–Trinajstić information content (AvgIpc) is 2.64. The van der Waals surface area contributed by atoms with Crippen LogP contribution in [0.4, 0.5) is 4.79 Å². The number of rotatable bonds is 6. The number of ether oxygens (including phenoxy) is 1. The molecular weight excluding hydrogens is 304 g/mol. The van der Waals surface area contributed by atoms with Crippen LogP contribution in [-0.4, -0.2) is 17.0 Å². The SMILES string of the molecule is CCCCC(=O)N(N)C(=O)OCc1ccccc1-c1ccccc1. The summed E-state index contributed by atoms with van der Waals surface area (Å²) in [7, 11) is 0. The van der Waals surface area contributed by atoms with Crippen molar-refractivity contribution in [3.05, 3.63) is 60.2 Å². The molecule has 0 aliphatic carbocycles. The molecule has 0 aliphatic rings. The van der Waals surface area contributed by atoms with Crippen LogP contribution in [0.25, 0.3) is 11.1 Å². The van der Waals surface area contributed by atoms with Gasteiger partial charge in [-0.3, -0.25) is 4.79 Å². The lowest BCUT2D eigenvalue weighted by molar-refractivity contribution is -0.130. The van der Waals surface area contributed by atoms with Gasteiger partial charge in [-0.05, 0) is 23.1 Å². The van der Waals surface area contributed by atoms with E-state index in [9.17, 15) is 9.59 Å². The van der Waals surface area contributed by atoms with Crippen LogP contribution in [0, 0.1) is 0 Å². The molecule has 2 aromatic rings. The Hall–Kier alpha value is -2.66. The number of carbonyl (C=O) groups is 2. The summed E-state index contributed by atoms with van der Waals surface area (Å²) in [4.78, 5) is 23.7. The fourth-order valence-electron chi connectivity index (χ4n) is 2.30. The summed E-state index contributed by atoms with van der Waals surface area (Å²) in [6.45, 7) is 2.02. The van der Waals surface area contributed by atoms with Gasteiger partial charge in [0, 0.05) is 6.42 Å². The standard InChI is InChI=1S/C19H22N2O3/c1-2-3-13-18(22)21(20)19(23)24-14-16-11-7-8-12-17(16)15-9-5-4-6-10-15/h4-12H,2-3,13-14,20H2,1H3. The number of carbonyl (C=O) groups excluding carboxylic acids is 2. The van der Waals surface area contributed by atoms with E-state index < -0.39 is 12.0 Å². The van der Waals surface area contributed by atoms with Gasteiger partial charge in [0.25, 0.3) is 0 Å². The molecule has 0 saturated carbocycles. The minimum Gasteiger partial charge on any atom is -0.443 e. The summed E-state index contributed by atoms with van der Waals surface area (Å²) in [5.74, 6) is 5.09. The van der Waals surface area contributed by atoms with Gasteiger partial charge in [-0.25, -0.2) is 10.6 Å². The monoisotopic (exact) mass is 326 g/mol. The highest BCUT2D eigenvalue weighted by Gasteiger charge is 2.19. The quantitative estimate of drug-likeness (QED) is 0.497. The van der Waals surface area contributed by atoms with E-state index in [1.54, 1.807) is 0 Å². The third-order valence-electron chi connectivity index (χ3n) is 3.66. The van der Waals surface area contributed by atoms with E-state index in [1.807, 2.05) is 61.5 Å². The van der Waals surface area contributed by atoms with Crippen LogP contribution in [0.15, 0.2) is 54.6 Å².